The Morgan fingerprint density at radius 2 is 2.09 bits per heavy atom. The first-order valence-corrected chi connectivity index (χ1v) is 4.44. The lowest BCUT2D eigenvalue weighted by Crippen LogP contribution is -1.94. The Kier molecular flexibility index (Phi) is 7.11. The molecule has 0 N–H and O–H groups in total. The Morgan fingerprint density at radius 1 is 1.36 bits per heavy atom. The van der Waals surface area contributed by atoms with Gasteiger partial charge in [-0.15, -0.1) is 0 Å². The third kappa shape index (κ3) is 7.31. The van der Waals surface area contributed by atoms with Crippen molar-refractivity contribution in [1.82, 2.24) is 0 Å². The maximum absolute atomic E-state index is 11.0. The number of hydrogen-bond acceptors (Lipinski definition) is 1. The largest absolute Gasteiger partial charge is 0.299 e. The molecule has 0 aromatic carbocycles. The van der Waals surface area contributed by atoms with Crippen molar-refractivity contribution in [3.05, 3.63) is 12.2 Å². The van der Waals surface area contributed by atoms with Crippen molar-refractivity contribution in [2.45, 2.75) is 46.0 Å². The summed E-state index contributed by atoms with van der Waals surface area (Å²) in [5.41, 5.74) is 0. The van der Waals surface area contributed by atoms with Crippen molar-refractivity contribution in [2.75, 3.05) is 0 Å². The summed E-state index contributed by atoms with van der Waals surface area (Å²) in [5, 5.41) is 0. The minimum atomic E-state index is 0.372. The third-order valence-corrected chi connectivity index (χ3v) is 1.64. The number of ketones is 1. The number of carbonyl (C=O) groups excluding carboxylic acids is 1. The molecule has 0 atom stereocenters. The third-order valence-electron chi connectivity index (χ3n) is 1.64. The van der Waals surface area contributed by atoms with Crippen LogP contribution in [0.3, 0.4) is 0 Å². The molecule has 0 saturated heterocycles. The van der Waals surface area contributed by atoms with Gasteiger partial charge >= 0.3 is 0 Å². The maximum atomic E-state index is 11.0. The molecule has 0 heterocycles. The van der Waals surface area contributed by atoms with Crippen LogP contribution in [0, 0.1) is 0 Å². The van der Waals surface area contributed by atoms with Crippen LogP contribution < -0.4 is 0 Å². The summed E-state index contributed by atoms with van der Waals surface area (Å²) in [6, 6.07) is 0. The zero-order valence-electron chi connectivity index (χ0n) is 7.60. The van der Waals surface area contributed by atoms with E-state index in [9.17, 15) is 4.79 Å². The molecule has 0 fully saturated rings. The van der Waals surface area contributed by atoms with Crippen LogP contribution in [0.15, 0.2) is 12.2 Å². The molecule has 0 saturated carbocycles. The van der Waals surface area contributed by atoms with E-state index in [0.29, 0.717) is 12.2 Å². The van der Waals surface area contributed by atoms with Gasteiger partial charge in [0.2, 0.25) is 0 Å². The second kappa shape index (κ2) is 7.52. The second-order valence-corrected chi connectivity index (χ2v) is 2.77. The molecule has 0 amide bonds. The average molecular weight is 154 g/mol. The highest BCUT2D eigenvalue weighted by Gasteiger charge is 1.96. The van der Waals surface area contributed by atoms with E-state index in [1.165, 1.54) is 12.8 Å². The van der Waals surface area contributed by atoms with Crippen LogP contribution in [0.4, 0.5) is 0 Å². The SMILES string of the molecule is C/C=C/CC(=O)CCCCC. The lowest BCUT2D eigenvalue weighted by Gasteiger charge is -1.95. The van der Waals surface area contributed by atoms with Gasteiger partial charge in [-0.1, -0.05) is 31.9 Å². The van der Waals surface area contributed by atoms with Gasteiger partial charge in [-0.25, -0.2) is 0 Å². The minimum absolute atomic E-state index is 0.372. The first-order chi connectivity index (χ1) is 5.31. The maximum Gasteiger partial charge on any atom is 0.136 e. The Morgan fingerprint density at radius 3 is 2.64 bits per heavy atom. The van der Waals surface area contributed by atoms with Crippen molar-refractivity contribution in [2.24, 2.45) is 0 Å². The monoisotopic (exact) mass is 154 g/mol. The molecule has 1 nitrogen and oxygen atoms in total. The normalized spacial score (nSPS) is 10.7. The fourth-order valence-electron chi connectivity index (χ4n) is 0.924. The van der Waals surface area contributed by atoms with Crippen LogP contribution in [0.5, 0.6) is 0 Å². The molecule has 0 rings (SSSR count). The highest BCUT2D eigenvalue weighted by Crippen LogP contribution is 2.01. The van der Waals surface area contributed by atoms with Crippen LogP contribution in [-0.4, -0.2) is 5.78 Å². The number of rotatable bonds is 6. The summed E-state index contributed by atoms with van der Waals surface area (Å²) in [5.74, 6) is 0.372. The molecule has 0 spiro atoms. The van der Waals surface area contributed by atoms with Crippen LogP contribution in [0.25, 0.3) is 0 Å². The number of unbranched alkanes of at least 4 members (excludes halogenated alkanes) is 2. The topological polar surface area (TPSA) is 17.1 Å². The fourth-order valence-corrected chi connectivity index (χ4v) is 0.924. The zero-order chi connectivity index (χ0) is 8.53. The van der Waals surface area contributed by atoms with E-state index in [-0.39, 0.29) is 0 Å². The standard InChI is InChI=1S/C10H18O/c1-3-5-7-9-10(11)8-6-4-2/h4,6H,3,5,7-9H2,1-2H3/b6-4+. The van der Waals surface area contributed by atoms with E-state index < -0.39 is 0 Å². The molecule has 0 aliphatic carbocycles. The van der Waals surface area contributed by atoms with Gasteiger partial charge in [0.25, 0.3) is 0 Å². The molecule has 0 aromatic heterocycles. The van der Waals surface area contributed by atoms with Gasteiger partial charge < -0.3 is 0 Å². The zero-order valence-corrected chi connectivity index (χ0v) is 7.60. The molecule has 0 aromatic rings. The molecular weight excluding hydrogens is 136 g/mol. The summed E-state index contributed by atoms with van der Waals surface area (Å²) < 4.78 is 0. The summed E-state index contributed by atoms with van der Waals surface area (Å²) in [6.45, 7) is 4.09. The van der Waals surface area contributed by atoms with Gasteiger partial charge in [0, 0.05) is 12.8 Å². The molecule has 11 heavy (non-hydrogen) atoms. The van der Waals surface area contributed by atoms with Crippen molar-refractivity contribution >= 4 is 5.78 Å². The molecular formula is C10H18O. The summed E-state index contributed by atoms with van der Waals surface area (Å²) in [6.07, 6.45) is 8.68. The van der Waals surface area contributed by atoms with Crippen molar-refractivity contribution in [1.29, 1.82) is 0 Å². The minimum Gasteiger partial charge on any atom is -0.299 e. The van der Waals surface area contributed by atoms with E-state index in [1.807, 2.05) is 19.1 Å². The van der Waals surface area contributed by atoms with Gasteiger partial charge in [-0.05, 0) is 13.3 Å². The van der Waals surface area contributed by atoms with Crippen molar-refractivity contribution < 1.29 is 4.79 Å². The summed E-state index contributed by atoms with van der Waals surface area (Å²) in [4.78, 5) is 11.0. The smallest absolute Gasteiger partial charge is 0.136 e. The Balaban J connectivity index is 3.23. The van der Waals surface area contributed by atoms with Crippen LogP contribution in [0.2, 0.25) is 0 Å². The molecule has 0 radical (unpaired) electrons. The van der Waals surface area contributed by atoms with Gasteiger partial charge in [0.15, 0.2) is 0 Å². The molecule has 0 bridgehead atoms. The second-order valence-electron chi connectivity index (χ2n) is 2.77. The van der Waals surface area contributed by atoms with E-state index in [2.05, 4.69) is 6.92 Å². The number of Topliss-reactive ketones (excluding diaryl/α,β-unsaturated/α-hetero) is 1. The van der Waals surface area contributed by atoms with Gasteiger partial charge in [-0.2, -0.15) is 0 Å². The highest BCUT2D eigenvalue weighted by molar-refractivity contribution is 5.79. The van der Waals surface area contributed by atoms with Crippen molar-refractivity contribution in [3.8, 4) is 0 Å². The number of hydrogen-bond donors (Lipinski definition) is 0. The van der Waals surface area contributed by atoms with Crippen LogP contribution in [0.1, 0.15) is 46.0 Å². The predicted molar refractivity (Wildman–Crippen MR) is 48.6 cm³/mol. The summed E-state index contributed by atoms with van der Waals surface area (Å²) in [7, 11) is 0. The lowest BCUT2D eigenvalue weighted by atomic mass is 10.1. The van der Waals surface area contributed by atoms with Crippen LogP contribution in [-0.2, 0) is 4.79 Å². The lowest BCUT2D eigenvalue weighted by molar-refractivity contribution is -0.118. The van der Waals surface area contributed by atoms with E-state index >= 15 is 0 Å². The molecule has 0 unspecified atom stereocenters. The van der Waals surface area contributed by atoms with E-state index in [1.54, 1.807) is 0 Å². The average Bonchev–Trinajstić information content (AvgIpc) is 2.01. The molecule has 64 valence electrons. The number of allylic oxidation sites excluding steroid dienone is 2. The van der Waals surface area contributed by atoms with Gasteiger partial charge in [0.1, 0.15) is 5.78 Å². The predicted octanol–water partition coefficient (Wildman–Crippen LogP) is 3.10. The van der Waals surface area contributed by atoms with E-state index in [4.69, 9.17) is 0 Å². The molecule has 0 aliphatic heterocycles. The van der Waals surface area contributed by atoms with Crippen LogP contribution >= 0.6 is 0 Å². The quantitative estimate of drug-likeness (QED) is 0.424. The highest BCUT2D eigenvalue weighted by atomic mass is 16.1. The fraction of sp³-hybridized carbons (Fsp3) is 0.700. The van der Waals surface area contributed by atoms with E-state index in [0.717, 1.165) is 12.8 Å². The molecule has 1 heteroatoms. The Hall–Kier alpha value is -0.590. The first kappa shape index (κ1) is 10.4. The molecule has 0 aliphatic rings. The number of carbonyl (C=O) groups is 1. The van der Waals surface area contributed by atoms with Gasteiger partial charge in [0.05, 0.1) is 0 Å². The van der Waals surface area contributed by atoms with Crippen molar-refractivity contribution in [3.63, 3.8) is 0 Å². The van der Waals surface area contributed by atoms with Gasteiger partial charge in [-0.3, -0.25) is 4.79 Å². The Bertz CT molecular complexity index is 125. The Labute approximate surface area is 69.5 Å². The summed E-state index contributed by atoms with van der Waals surface area (Å²) >= 11 is 0. The first-order valence-electron chi connectivity index (χ1n) is 4.44.